The van der Waals surface area contributed by atoms with E-state index in [1.807, 2.05) is 23.6 Å². The molecule has 1 saturated heterocycles. The van der Waals surface area contributed by atoms with Crippen LogP contribution in [0.15, 0.2) is 12.3 Å². The van der Waals surface area contributed by atoms with Gasteiger partial charge in [-0.25, -0.2) is 0 Å². The summed E-state index contributed by atoms with van der Waals surface area (Å²) in [6.45, 7) is 5.57. The monoisotopic (exact) mass is 266 g/mol. The van der Waals surface area contributed by atoms with E-state index in [1.165, 1.54) is 0 Å². The lowest BCUT2D eigenvalue weighted by molar-refractivity contribution is 0.0763. The summed E-state index contributed by atoms with van der Waals surface area (Å²) in [6.07, 6.45) is 1.60. The van der Waals surface area contributed by atoms with Crippen molar-refractivity contribution in [2.45, 2.75) is 19.1 Å². The zero-order valence-electron chi connectivity index (χ0n) is 10.6. The van der Waals surface area contributed by atoms with E-state index < -0.39 is 0 Å². The van der Waals surface area contributed by atoms with Crippen LogP contribution in [0.3, 0.4) is 0 Å². The van der Waals surface area contributed by atoms with Gasteiger partial charge in [0.05, 0.1) is 11.3 Å². The number of rotatable bonds is 2. The SMILES string of the molecule is Cc1cc(NN)c(C(=O)N2CCSC(C)C2)cn1. The number of thioether (sulfide) groups is 1. The first kappa shape index (κ1) is 13.2. The maximum atomic E-state index is 12.4. The van der Waals surface area contributed by atoms with Gasteiger partial charge in [0.25, 0.3) is 5.91 Å². The van der Waals surface area contributed by atoms with Gasteiger partial charge in [-0.1, -0.05) is 6.92 Å². The van der Waals surface area contributed by atoms with Gasteiger partial charge in [-0.2, -0.15) is 11.8 Å². The van der Waals surface area contributed by atoms with Crippen LogP contribution in [-0.4, -0.2) is 39.9 Å². The van der Waals surface area contributed by atoms with Crippen LogP contribution in [0.1, 0.15) is 23.0 Å². The molecule has 0 aromatic carbocycles. The molecule has 1 unspecified atom stereocenters. The Hall–Kier alpha value is -1.27. The highest BCUT2D eigenvalue weighted by Gasteiger charge is 2.24. The lowest BCUT2D eigenvalue weighted by Gasteiger charge is -2.31. The van der Waals surface area contributed by atoms with Crippen LogP contribution in [-0.2, 0) is 0 Å². The molecule has 2 heterocycles. The molecule has 0 bridgehead atoms. The number of amides is 1. The minimum atomic E-state index is 0.00241. The standard InChI is InChI=1S/C12H18N4OS/c1-8-5-11(15-13)10(6-14-8)12(17)16-3-4-18-9(2)7-16/h5-6,9H,3-4,7,13H2,1-2H3,(H,14,15). The Kier molecular flexibility index (Phi) is 4.08. The van der Waals surface area contributed by atoms with Crippen molar-refractivity contribution in [2.75, 3.05) is 24.3 Å². The molecule has 3 N–H and O–H groups in total. The fraction of sp³-hybridized carbons (Fsp3) is 0.500. The van der Waals surface area contributed by atoms with E-state index in [1.54, 1.807) is 12.3 Å². The highest BCUT2D eigenvalue weighted by atomic mass is 32.2. The molecule has 98 valence electrons. The molecule has 0 aliphatic carbocycles. The molecular weight excluding hydrogens is 248 g/mol. The third-order valence-electron chi connectivity index (χ3n) is 2.95. The number of pyridine rings is 1. The Morgan fingerprint density at radius 3 is 3.11 bits per heavy atom. The van der Waals surface area contributed by atoms with Gasteiger partial charge in [0, 0.05) is 36.0 Å². The molecule has 1 aliphatic rings. The molecular formula is C12H18N4OS. The summed E-state index contributed by atoms with van der Waals surface area (Å²) < 4.78 is 0. The molecule has 1 aliphatic heterocycles. The number of hydrazine groups is 1. The minimum absolute atomic E-state index is 0.00241. The van der Waals surface area contributed by atoms with Gasteiger partial charge < -0.3 is 10.3 Å². The van der Waals surface area contributed by atoms with E-state index in [9.17, 15) is 4.79 Å². The molecule has 1 atom stereocenters. The smallest absolute Gasteiger partial charge is 0.257 e. The summed E-state index contributed by atoms with van der Waals surface area (Å²) in [5, 5.41) is 0.482. The van der Waals surface area contributed by atoms with Crippen molar-refractivity contribution in [2.24, 2.45) is 5.84 Å². The van der Waals surface area contributed by atoms with Gasteiger partial charge in [0.1, 0.15) is 0 Å². The molecule has 1 amide bonds. The topological polar surface area (TPSA) is 71.2 Å². The Labute approximate surface area is 111 Å². The fourth-order valence-corrected chi connectivity index (χ4v) is 3.04. The van der Waals surface area contributed by atoms with Crippen molar-refractivity contribution in [1.82, 2.24) is 9.88 Å². The van der Waals surface area contributed by atoms with Crippen LogP contribution in [0.4, 0.5) is 5.69 Å². The van der Waals surface area contributed by atoms with E-state index in [4.69, 9.17) is 5.84 Å². The number of anilines is 1. The molecule has 5 nitrogen and oxygen atoms in total. The van der Waals surface area contributed by atoms with Crippen molar-refractivity contribution in [1.29, 1.82) is 0 Å². The molecule has 1 fully saturated rings. The third-order valence-corrected chi connectivity index (χ3v) is 4.09. The normalized spacial score (nSPS) is 19.7. The van der Waals surface area contributed by atoms with Crippen LogP contribution in [0.5, 0.6) is 0 Å². The summed E-state index contributed by atoms with van der Waals surface area (Å²) >= 11 is 1.90. The quantitative estimate of drug-likeness (QED) is 0.623. The molecule has 0 radical (unpaired) electrons. The van der Waals surface area contributed by atoms with Crippen molar-refractivity contribution in [3.63, 3.8) is 0 Å². The molecule has 6 heteroatoms. The Bertz CT molecular complexity index is 452. The molecule has 0 saturated carbocycles. The minimum Gasteiger partial charge on any atom is -0.337 e. The van der Waals surface area contributed by atoms with Crippen molar-refractivity contribution in [3.05, 3.63) is 23.5 Å². The zero-order valence-corrected chi connectivity index (χ0v) is 11.5. The van der Waals surface area contributed by atoms with Crippen molar-refractivity contribution in [3.8, 4) is 0 Å². The van der Waals surface area contributed by atoms with Gasteiger partial charge in [-0.05, 0) is 13.0 Å². The average molecular weight is 266 g/mol. The number of aryl methyl sites for hydroxylation is 1. The molecule has 18 heavy (non-hydrogen) atoms. The van der Waals surface area contributed by atoms with Gasteiger partial charge in [0.15, 0.2) is 0 Å². The average Bonchev–Trinajstić information content (AvgIpc) is 2.37. The third kappa shape index (κ3) is 2.76. The number of hydrogen-bond donors (Lipinski definition) is 2. The van der Waals surface area contributed by atoms with Crippen LogP contribution >= 0.6 is 11.8 Å². The van der Waals surface area contributed by atoms with Crippen molar-refractivity contribution < 1.29 is 4.79 Å². The van der Waals surface area contributed by atoms with E-state index in [0.29, 0.717) is 16.5 Å². The van der Waals surface area contributed by atoms with Gasteiger partial charge in [-0.15, -0.1) is 0 Å². The number of carbonyl (C=O) groups is 1. The Morgan fingerprint density at radius 1 is 1.67 bits per heavy atom. The number of nitrogens with zero attached hydrogens (tertiary/aromatic N) is 2. The van der Waals surface area contributed by atoms with Crippen LogP contribution in [0, 0.1) is 6.92 Å². The van der Waals surface area contributed by atoms with Crippen molar-refractivity contribution >= 4 is 23.4 Å². The second kappa shape index (κ2) is 5.58. The predicted molar refractivity (Wildman–Crippen MR) is 74.6 cm³/mol. The van der Waals surface area contributed by atoms with Crippen LogP contribution in [0.2, 0.25) is 0 Å². The number of nitrogen functional groups attached to an aromatic ring is 1. The number of hydrogen-bond acceptors (Lipinski definition) is 5. The second-order valence-electron chi connectivity index (χ2n) is 4.45. The number of carbonyl (C=O) groups excluding carboxylic acids is 1. The van der Waals surface area contributed by atoms with E-state index in [2.05, 4.69) is 17.3 Å². The van der Waals surface area contributed by atoms with Gasteiger partial charge >= 0.3 is 0 Å². The molecule has 1 aromatic rings. The number of nitrogens with one attached hydrogen (secondary N) is 1. The second-order valence-corrected chi connectivity index (χ2v) is 5.99. The highest BCUT2D eigenvalue weighted by Crippen LogP contribution is 2.22. The fourth-order valence-electron chi connectivity index (χ4n) is 2.02. The van der Waals surface area contributed by atoms with E-state index in [0.717, 1.165) is 24.5 Å². The summed E-state index contributed by atoms with van der Waals surface area (Å²) in [5.41, 5.74) is 4.59. The van der Waals surface area contributed by atoms with E-state index in [-0.39, 0.29) is 5.91 Å². The first-order valence-corrected chi connectivity index (χ1v) is 7.01. The largest absolute Gasteiger partial charge is 0.337 e. The molecule has 0 spiro atoms. The first-order chi connectivity index (χ1) is 8.61. The summed E-state index contributed by atoms with van der Waals surface area (Å²) in [6, 6.07) is 1.79. The lowest BCUT2D eigenvalue weighted by atomic mass is 10.2. The summed E-state index contributed by atoms with van der Waals surface area (Å²) in [4.78, 5) is 18.5. The lowest BCUT2D eigenvalue weighted by Crippen LogP contribution is -2.41. The number of nitrogens with two attached hydrogens (primary N) is 1. The maximum Gasteiger partial charge on any atom is 0.257 e. The molecule has 1 aromatic heterocycles. The first-order valence-electron chi connectivity index (χ1n) is 5.96. The van der Waals surface area contributed by atoms with Gasteiger partial charge in [-0.3, -0.25) is 15.6 Å². The van der Waals surface area contributed by atoms with Gasteiger partial charge in [0.2, 0.25) is 0 Å². The van der Waals surface area contributed by atoms with Crippen LogP contribution in [0.25, 0.3) is 0 Å². The highest BCUT2D eigenvalue weighted by molar-refractivity contribution is 7.99. The Morgan fingerprint density at radius 2 is 2.44 bits per heavy atom. The molecule has 2 rings (SSSR count). The predicted octanol–water partition coefficient (Wildman–Crippen LogP) is 1.25. The Balaban J connectivity index is 2.22. The summed E-state index contributed by atoms with van der Waals surface area (Å²) in [7, 11) is 0. The zero-order chi connectivity index (χ0) is 13.1. The number of aromatic nitrogens is 1. The maximum absolute atomic E-state index is 12.4. The van der Waals surface area contributed by atoms with E-state index >= 15 is 0 Å². The summed E-state index contributed by atoms with van der Waals surface area (Å²) in [5.74, 6) is 6.45. The van der Waals surface area contributed by atoms with Crippen LogP contribution < -0.4 is 11.3 Å².